The number of hydrogen-bond donors (Lipinski definition) is 2. The number of aliphatic hydroxyl groups excluding tert-OH is 1. The molecule has 35 heavy (non-hydrogen) atoms. The lowest BCUT2D eigenvalue weighted by Crippen LogP contribution is -2.54. The van der Waals surface area contributed by atoms with Gasteiger partial charge in [-0.3, -0.25) is 15.3 Å². The van der Waals surface area contributed by atoms with Gasteiger partial charge < -0.3 is 9.84 Å². The number of rotatable bonds is 4. The van der Waals surface area contributed by atoms with Crippen molar-refractivity contribution in [2.45, 2.75) is 25.0 Å². The van der Waals surface area contributed by atoms with Gasteiger partial charge in [0.1, 0.15) is 5.75 Å². The number of allylic oxidation sites excluding steroid dienone is 1. The fourth-order valence-corrected chi connectivity index (χ4v) is 5.49. The highest BCUT2D eigenvalue weighted by molar-refractivity contribution is 5.84. The molecular weight excluding hydrogens is 436 g/mol. The van der Waals surface area contributed by atoms with Gasteiger partial charge >= 0.3 is 0 Å². The number of nitrogens with zero attached hydrogens (tertiary/aromatic N) is 3. The molecule has 1 unspecified atom stereocenters. The molecule has 0 spiro atoms. The van der Waals surface area contributed by atoms with Gasteiger partial charge in [0.05, 0.1) is 24.4 Å². The molecule has 2 N–H and O–H groups in total. The molecule has 2 aromatic carbocycles. The van der Waals surface area contributed by atoms with E-state index < -0.39 is 6.10 Å². The predicted octanol–water partition coefficient (Wildman–Crippen LogP) is 5.28. The highest BCUT2D eigenvalue weighted by Crippen LogP contribution is 2.42. The molecule has 4 aliphatic heterocycles. The third kappa shape index (κ3) is 4.85. The van der Waals surface area contributed by atoms with E-state index in [-0.39, 0.29) is 6.04 Å². The van der Waals surface area contributed by atoms with Gasteiger partial charge in [-0.15, -0.1) is 6.58 Å². The molecule has 5 heterocycles. The molecule has 2 bridgehead atoms. The Kier molecular flexibility index (Phi) is 6.93. The van der Waals surface area contributed by atoms with Crippen LogP contribution in [0, 0.1) is 11.8 Å². The molecule has 0 amide bonds. The molecule has 180 valence electrons. The SMILES string of the molecule is C1=Cc2ccccc2NN=C1.C=C[C@H]1CN2CC[C@H]1C[C@@H]2[C@@H](O)c1ccnc2ccc(OC)cc12. The molecule has 4 aliphatic rings. The van der Waals surface area contributed by atoms with Crippen molar-refractivity contribution in [3.8, 4) is 5.75 Å². The number of ether oxygens (including phenoxy) is 1. The first-order chi connectivity index (χ1) is 17.2. The number of aromatic nitrogens is 1. The van der Waals surface area contributed by atoms with Gasteiger partial charge in [-0.2, -0.15) is 5.10 Å². The maximum atomic E-state index is 11.2. The Hall–Kier alpha value is -3.48. The first kappa shape index (κ1) is 23.3. The molecule has 6 heteroatoms. The topological polar surface area (TPSA) is 70.0 Å². The number of fused-ring (bicyclic) bond motifs is 5. The first-order valence-electron chi connectivity index (χ1n) is 12.2. The number of hydrogen-bond acceptors (Lipinski definition) is 6. The van der Waals surface area contributed by atoms with Crippen LogP contribution in [-0.4, -0.2) is 47.4 Å². The Morgan fingerprint density at radius 1 is 1.23 bits per heavy atom. The molecule has 1 aromatic heterocycles. The van der Waals surface area contributed by atoms with Crippen molar-refractivity contribution in [1.29, 1.82) is 0 Å². The normalized spacial score (nSPS) is 25.0. The second-order valence-electron chi connectivity index (χ2n) is 9.31. The number of pyridine rings is 1. The molecule has 6 nitrogen and oxygen atoms in total. The molecular formula is C29H32N4O2. The van der Waals surface area contributed by atoms with Crippen LogP contribution in [0.3, 0.4) is 0 Å². The second-order valence-corrected chi connectivity index (χ2v) is 9.31. The minimum Gasteiger partial charge on any atom is -0.497 e. The van der Waals surface area contributed by atoms with Crippen molar-refractivity contribution < 1.29 is 9.84 Å². The van der Waals surface area contributed by atoms with E-state index in [9.17, 15) is 5.11 Å². The summed E-state index contributed by atoms with van der Waals surface area (Å²) >= 11 is 0. The highest BCUT2D eigenvalue weighted by atomic mass is 16.5. The lowest BCUT2D eigenvalue weighted by molar-refractivity contribution is -0.0444. The lowest BCUT2D eigenvalue weighted by atomic mass is 9.73. The van der Waals surface area contributed by atoms with E-state index in [1.807, 2.05) is 60.7 Å². The van der Waals surface area contributed by atoms with Gasteiger partial charge in [-0.25, -0.2) is 0 Å². The summed E-state index contributed by atoms with van der Waals surface area (Å²) in [4.78, 5) is 6.86. The summed E-state index contributed by atoms with van der Waals surface area (Å²) in [6.45, 7) is 6.07. The summed E-state index contributed by atoms with van der Waals surface area (Å²) in [5.41, 5.74) is 7.00. The van der Waals surface area contributed by atoms with Gasteiger partial charge in [0.2, 0.25) is 0 Å². The molecule has 0 saturated carbocycles. The van der Waals surface area contributed by atoms with Crippen LogP contribution in [0.15, 0.2) is 78.6 Å². The number of benzene rings is 2. The van der Waals surface area contributed by atoms with E-state index in [0.717, 1.165) is 47.4 Å². The standard InChI is InChI=1S/C20H24N2O2.C9H8N2/c1-3-13-12-22-9-7-14(13)10-19(22)20(23)16-6-8-21-18-5-4-15(24-2)11-17(16)18;1-2-6-9-8(4-1)5-3-7-10-11-9/h3-6,8,11,13-14,19-20,23H,1,7,9-10,12H2,2H3;1-7,11H/t13-,14-,19+,20-;/m0./s1. The smallest absolute Gasteiger partial charge is 0.119 e. The second kappa shape index (κ2) is 10.4. The largest absolute Gasteiger partial charge is 0.497 e. The number of nitrogens with one attached hydrogen (secondary N) is 1. The van der Waals surface area contributed by atoms with Crippen molar-refractivity contribution in [2.24, 2.45) is 16.9 Å². The zero-order valence-electron chi connectivity index (χ0n) is 20.0. The van der Waals surface area contributed by atoms with Crippen LogP contribution in [0.1, 0.15) is 30.1 Å². The van der Waals surface area contributed by atoms with Crippen LogP contribution in [0.5, 0.6) is 5.75 Å². The Morgan fingerprint density at radius 3 is 2.91 bits per heavy atom. The van der Waals surface area contributed by atoms with E-state index >= 15 is 0 Å². The monoisotopic (exact) mass is 468 g/mol. The Labute approximate surface area is 206 Å². The third-order valence-electron chi connectivity index (χ3n) is 7.40. The fourth-order valence-electron chi connectivity index (χ4n) is 5.49. The summed E-state index contributed by atoms with van der Waals surface area (Å²) in [6, 6.07) is 16.0. The maximum Gasteiger partial charge on any atom is 0.119 e. The van der Waals surface area contributed by atoms with Crippen LogP contribution in [0.2, 0.25) is 0 Å². The number of methoxy groups -OCH3 is 1. The van der Waals surface area contributed by atoms with E-state index in [2.05, 4.69) is 33.1 Å². The van der Waals surface area contributed by atoms with Crippen molar-refractivity contribution in [3.63, 3.8) is 0 Å². The van der Waals surface area contributed by atoms with E-state index in [0.29, 0.717) is 11.8 Å². The van der Waals surface area contributed by atoms with Gasteiger partial charge in [0, 0.05) is 30.4 Å². The Balaban J connectivity index is 0.000000192. The van der Waals surface area contributed by atoms with Gasteiger partial charge in [-0.1, -0.05) is 30.4 Å². The summed E-state index contributed by atoms with van der Waals surface area (Å²) < 4.78 is 5.35. The molecule has 0 radical (unpaired) electrons. The quantitative estimate of drug-likeness (QED) is 0.510. The molecule has 7 rings (SSSR count). The van der Waals surface area contributed by atoms with Crippen molar-refractivity contribution in [3.05, 3.63) is 84.6 Å². The average molecular weight is 469 g/mol. The van der Waals surface area contributed by atoms with Crippen LogP contribution < -0.4 is 10.2 Å². The van der Waals surface area contributed by atoms with E-state index in [4.69, 9.17) is 4.74 Å². The summed E-state index contributed by atoms with van der Waals surface area (Å²) in [5.74, 6) is 2.01. The first-order valence-corrected chi connectivity index (χ1v) is 12.2. The predicted molar refractivity (Wildman–Crippen MR) is 143 cm³/mol. The van der Waals surface area contributed by atoms with Crippen molar-refractivity contribution in [1.82, 2.24) is 9.88 Å². The molecule has 0 aliphatic carbocycles. The van der Waals surface area contributed by atoms with Gasteiger partial charge in [0.15, 0.2) is 0 Å². The zero-order chi connectivity index (χ0) is 24.2. The molecule has 3 saturated heterocycles. The number of piperidine rings is 3. The van der Waals surface area contributed by atoms with Crippen LogP contribution >= 0.6 is 0 Å². The Bertz CT molecular complexity index is 1250. The Morgan fingerprint density at radius 2 is 2.11 bits per heavy atom. The van der Waals surface area contributed by atoms with E-state index in [1.54, 1.807) is 19.5 Å². The zero-order valence-corrected chi connectivity index (χ0v) is 20.0. The van der Waals surface area contributed by atoms with Crippen LogP contribution in [-0.2, 0) is 0 Å². The number of anilines is 1. The van der Waals surface area contributed by atoms with Crippen LogP contribution in [0.25, 0.3) is 17.0 Å². The number of hydrazone groups is 1. The van der Waals surface area contributed by atoms with Gasteiger partial charge in [-0.05, 0) is 78.8 Å². The minimum atomic E-state index is -0.504. The van der Waals surface area contributed by atoms with Crippen molar-refractivity contribution >= 4 is 28.9 Å². The molecule has 3 aromatic rings. The molecule has 5 atom stereocenters. The van der Waals surface area contributed by atoms with Crippen molar-refractivity contribution in [2.75, 3.05) is 25.6 Å². The number of para-hydroxylation sites is 1. The number of aliphatic hydroxyl groups is 1. The maximum absolute atomic E-state index is 11.2. The minimum absolute atomic E-state index is 0.178. The summed E-state index contributed by atoms with van der Waals surface area (Å²) in [5, 5.41) is 16.1. The van der Waals surface area contributed by atoms with Gasteiger partial charge in [0.25, 0.3) is 0 Å². The van der Waals surface area contributed by atoms with Crippen LogP contribution in [0.4, 0.5) is 5.69 Å². The fraction of sp³-hybridized carbons (Fsp3) is 0.310. The lowest BCUT2D eigenvalue weighted by Gasteiger charge is -2.50. The third-order valence-corrected chi connectivity index (χ3v) is 7.40. The summed E-state index contributed by atoms with van der Waals surface area (Å²) in [6.07, 6.45) is 11.3. The van der Waals surface area contributed by atoms with E-state index in [1.165, 1.54) is 12.0 Å². The average Bonchev–Trinajstić information content (AvgIpc) is 3.18. The molecule has 3 fully saturated rings. The summed E-state index contributed by atoms with van der Waals surface area (Å²) in [7, 11) is 1.66. The highest BCUT2D eigenvalue weighted by Gasteiger charge is 2.42.